The molecule has 1 fully saturated rings. The molecule has 9 heteroatoms. The zero-order valence-corrected chi connectivity index (χ0v) is 12.2. The van der Waals surface area contributed by atoms with Crippen LogP contribution in [0.2, 0.25) is 0 Å². The quantitative estimate of drug-likeness (QED) is 0.894. The fourth-order valence-corrected chi connectivity index (χ4v) is 3.64. The zero-order valence-electron chi connectivity index (χ0n) is 10.6. The van der Waals surface area contributed by atoms with Crippen LogP contribution in [0.1, 0.15) is 6.92 Å². The number of hydrogen-bond donors (Lipinski definition) is 1. The second-order valence-electron chi connectivity index (χ2n) is 4.42. The lowest BCUT2D eigenvalue weighted by Gasteiger charge is -2.31. The molecule has 1 saturated heterocycles. The Hall–Kier alpha value is -0.830. The summed E-state index contributed by atoms with van der Waals surface area (Å²) in [7, 11) is -4.30. The van der Waals surface area contributed by atoms with Crippen LogP contribution in [-0.2, 0) is 10.0 Å². The number of nitrogens with zero attached hydrogens (tertiary/aromatic N) is 1. The molecule has 0 spiro atoms. The minimum absolute atomic E-state index is 0. The van der Waals surface area contributed by atoms with Crippen LogP contribution in [0.15, 0.2) is 17.0 Å². The van der Waals surface area contributed by atoms with Gasteiger partial charge in [0.25, 0.3) is 0 Å². The summed E-state index contributed by atoms with van der Waals surface area (Å²) in [6, 6.07) is 0.610. The van der Waals surface area contributed by atoms with Crippen LogP contribution in [0.4, 0.5) is 13.2 Å². The lowest BCUT2D eigenvalue weighted by Crippen LogP contribution is -2.51. The maximum absolute atomic E-state index is 13.6. The summed E-state index contributed by atoms with van der Waals surface area (Å²) in [5.41, 5.74) is 0. The molecule has 0 aliphatic carbocycles. The Morgan fingerprint density at radius 1 is 1.25 bits per heavy atom. The number of sulfonamides is 1. The molecule has 0 radical (unpaired) electrons. The van der Waals surface area contributed by atoms with E-state index in [2.05, 4.69) is 5.32 Å². The number of piperazine rings is 1. The summed E-state index contributed by atoms with van der Waals surface area (Å²) in [6.07, 6.45) is 0. The smallest absolute Gasteiger partial charge is 0.249 e. The number of rotatable bonds is 2. The normalized spacial score (nSPS) is 20.5. The molecule has 1 aliphatic heterocycles. The van der Waals surface area contributed by atoms with E-state index < -0.39 is 32.4 Å². The molecule has 1 aromatic rings. The molecule has 0 amide bonds. The van der Waals surface area contributed by atoms with Crippen LogP contribution in [-0.4, -0.2) is 38.4 Å². The second kappa shape index (κ2) is 6.30. The number of halogens is 4. The first-order chi connectivity index (χ1) is 8.82. The second-order valence-corrected chi connectivity index (χ2v) is 6.29. The fraction of sp³-hybridized carbons (Fsp3) is 0.455. The van der Waals surface area contributed by atoms with Gasteiger partial charge in [-0.25, -0.2) is 21.6 Å². The highest BCUT2D eigenvalue weighted by atomic mass is 35.5. The van der Waals surface area contributed by atoms with Crippen molar-refractivity contribution >= 4 is 22.4 Å². The number of hydrogen-bond acceptors (Lipinski definition) is 3. The topological polar surface area (TPSA) is 49.4 Å². The predicted molar refractivity (Wildman–Crippen MR) is 69.8 cm³/mol. The van der Waals surface area contributed by atoms with Crippen molar-refractivity contribution < 1.29 is 21.6 Å². The van der Waals surface area contributed by atoms with Crippen LogP contribution in [0.5, 0.6) is 0 Å². The zero-order chi connectivity index (χ0) is 14.2. The summed E-state index contributed by atoms with van der Waals surface area (Å²) in [5.74, 6) is -3.98. The Balaban J connectivity index is 0.00000200. The van der Waals surface area contributed by atoms with Gasteiger partial charge in [0.15, 0.2) is 4.90 Å². The average Bonchev–Trinajstić information content (AvgIpc) is 2.26. The Morgan fingerprint density at radius 2 is 1.80 bits per heavy atom. The van der Waals surface area contributed by atoms with E-state index in [0.29, 0.717) is 18.7 Å². The first-order valence-electron chi connectivity index (χ1n) is 5.70. The van der Waals surface area contributed by atoms with Crippen LogP contribution in [0, 0.1) is 17.5 Å². The summed E-state index contributed by atoms with van der Waals surface area (Å²) < 4.78 is 65.3. The summed E-state index contributed by atoms with van der Waals surface area (Å²) in [6.45, 7) is 2.38. The first kappa shape index (κ1) is 17.2. The average molecular weight is 331 g/mol. The van der Waals surface area contributed by atoms with Crippen molar-refractivity contribution in [2.45, 2.75) is 17.9 Å². The molecule has 1 aliphatic rings. The third-order valence-corrected chi connectivity index (χ3v) is 4.81. The van der Waals surface area contributed by atoms with Gasteiger partial charge < -0.3 is 5.32 Å². The predicted octanol–water partition coefficient (Wildman–Crippen LogP) is 1.51. The van der Waals surface area contributed by atoms with Gasteiger partial charge in [-0.3, -0.25) is 0 Å². The van der Waals surface area contributed by atoms with Gasteiger partial charge in [0.2, 0.25) is 10.0 Å². The highest BCUT2D eigenvalue weighted by Crippen LogP contribution is 2.24. The van der Waals surface area contributed by atoms with Crippen LogP contribution >= 0.6 is 12.4 Å². The fourth-order valence-electron chi connectivity index (χ4n) is 2.02. The number of benzene rings is 1. The lowest BCUT2D eigenvalue weighted by molar-refractivity contribution is 0.307. The summed E-state index contributed by atoms with van der Waals surface area (Å²) in [4.78, 5) is -1.09. The van der Waals surface area contributed by atoms with Crippen molar-refractivity contribution in [1.82, 2.24) is 9.62 Å². The van der Waals surface area contributed by atoms with Gasteiger partial charge >= 0.3 is 0 Å². The van der Waals surface area contributed by atoms with E-state index in [1.54, 1.807) is 6.92 Å². The molecular formula is C11H14ClF3N2O2S. The van der Waals surface area contributed by atoms with E-state index >= 15 is 0 Å². The lowest BCUT2D eigenvalue weighted by atomic mass is 10.3. The van der Waals surface area contributed by atoms with E-state index in [4.69, 9.17) is 0 Å². The third kappa shape index (κ3) is 3.25. The highest BCUT2D eigenvalue weighted by molar-refractivity contribution is 7.89. The van der Waals surface area contributed by atoms with Gasteiger partial charge in [-0.15, -0.1) is 12.4 Å². The molecule has 2 rings (SSSR count). The molecule has 1 N–H and O–H groups in total. The van der Waals surface area contributed by atoms with Crippen molar-refractivity contribution in [3.8, 4) is 0 Å². The molecule has 20 heavy (non-hydrogen) atoms. The molecule has 1 atom stereocenters. The van der Waals surface area contributed by atoms with Crippen molar-refractivity contribution in [3.63, 3.8) is 0 Å². The molecule has 1 heterocycles. The minimum atomic E-state index is -4.30. The van der Waals surface area contributed by atoms with Gasteiger partial charge in [0.05, 0.1) is 0 Å². The molecular weight excluding hydrogens is 317 g/mol. The SMILES string of the molecule is CC1CN(S(=O)(=O)c2c(F)cc(F)cc2F)CCN1.Cl. The monoisotopic (exact) mass is 330 g/mol. The maximum Gasteiger partial charge on any atom is 0.249 e. The molecule has 114 valence electrons. The molecule has 1 unspecified atom stereocenters. The maximum atomic E-state index is 13.6. The van der Waals surface area contributed by atoms with E-state index in [0.717, 1.165) is 4.31 Å². The first-order valence-corrected chi connectivity index (χ1v) is 7.14. The molecule has 0 bridgehead atoms. The van der Waals surface area contributed by atoms with Crippen molar-refractivity contribution in [1.29, 1.82) is 0 Å². The van der Waals surface area contributed by atoms with E-state index in [9.17, 15) is 21.6 Å². The van der Waals surface area contributed by atoms with Crippen LogP contribution in [0.3, 0.4) is 0 Å². The Kier molecular flexibility index (Phi) is 5.42. The Morgan fingerprint density at radius 3 is 2.30 bits per heavy atom. The molecule has 4 nitrogen and oxygen atoms in total. The molecule has 0 saturated carbocycles. The van der Waals surface area contributed by atoms with Gasteiger partial charge in [-0.05, 0) is 6.92 Å². The van der Waals surface area contributed by atoms with Gasteiger partial charge in [0.1, 0.15) is 17.5 Å². The van der Waals surface area contributed by atoms with Crippen molar-refractivity contribution in [3.05, 3.63) is 29.6 Å². The summed E-state index contributed by atoms with van der Waals surface area (Å²) in [5, 5.41) is 3.02. The van der Waals surface area contributed by atoms with E-state index in [1.165, 1.54) is 0 Å². The third-order valence-electron chi connectivity index (χ3n) is 2.89. The van der Waals surface area contributed by atoms with Gasteiger partial charge in [-0.2, -0.15) is 4.31 Å². The molecule has 0 aromatic heterocycles. The van der Waals surface area contributed by atoms with Crippen LogP contribution < -0.4 is 5.32 Å². The van der Waals surface area contributed by atoms with E-state index in [-0.39, 0.29) is 31.5 Å². The minimum Gasteiger partial charge on any atom is -0.312 e. The summed E-state index contributed by atoms with van der Waals surface area (Å²) >= 11 is 0. The standard InChI is InChI=1S/C11H13F3N2O2S.ClH/c1-7-6-16(3-2-15-7)19(17,18)11-9(13)4-8(12)5-10(11)14;/h4-5,7,15H,2-3,6H2,1H3;1H. The largest absolute Gasteiger partial charge is 0.312 e. The van der Waals surface area contributed by atoms with Gasteiger partial charge in [0, 0.05) is 37.8 Å². The van der Waals surface area contributed by atoms with Gasteiger partial charge in [-0.1, -0.05) is 0 Å². The van der Waals surface area contributed by atoms with E-state index in [1.807, 2.05) is 0 Å². The molecule has 1 aromatic carbocycles. The van der Waals surface area contributed by atoms with Crippen LogP contribution in [0.25, 0.3) is 0 Å². The van der Waals surface area contributed by atoms with Crippen molar-refractivity contribution in [2.75, 3.05) is 19.6 Å². The Bertz CT molecular complexity index is 574. The highest BCUT2D eigenvalue weighted by Gasteiger charge is 2.33. The van der Waals surface area contributed by atoms with Crippen molar-refractivity contribution in [2.24, 2.45) is 0 Å². The Labute approximate surface area is 121 Å². The number of nitrogens with one attached hydrogen (secondary N) is 1.